The lowest BCUT2D eigenvalue weighted by atomic mass is 10.0. The maximum Gasteiger partial charge on any atom is 0.228 e. The molecule has 5 nitrogen and oxygen atoms in total. The molecule has 2 rings (SSSR count). The Bertz CT molecular complexity index is 329. The van der Waals surface area contributed by atoms with Crippen LogP contribution < -0.4 is 15.4 Å². The van der Waals surface area contributed by atoms with E-state index in [1.165, 1.54) is 0 Å². The predicted octanol–water partition coefficient (Wildman–Crippen LogP) is 0.413. The van der Waals surface area contributed by atoms with Crippen molar-refractivity contribution in [3.8, 4) is 5.88 Å². The van der Waals surface area contributed by atoms with E-state index in [2.05, 4.69) is 14.9 Å². The number of hydrogen-bond acceptors (Lipinski definition) is 5. The molecule has 1 fully saturated rings. The third kappa shape index (κ3) is 2.02. The zero-order valence-electron chi connectivity index (χ0n) is 8.89. The van der Waals surface area contributed by atoms with Gasteiger partial charge in [0.25, 0.3) is 0 Å². The molecule has 15 heavy (non-hydrogen) atoms. The fraction of sp³-hybridized carbons (Fsp3) is 0.600. The van der Waals surface area contributed by atoms with Crippen molar-refractivity contribution in [1.82, 2.24) is 9.97 Å². The van der Waals surface area contributed by atoms with Crippen LogP contribution in [0.3, 0.4) is 0 Å². The monoisotopic (exact) mass is 208 g/mol. The summed E-state index contributed by atoms with van der Waals surface area (Å²) in [6, 6.07) is 2.16. The van der Waals surface area contributed by atoms with E-state index in [0.29, 0.717) is 25.1 Å². The zero-order chi connectivity index (χ0) is 10.7. The van der Waals surface area contributed by atoms with E-state index in [0.717, 1.165) is 18.9 Å². The molecule has 1 saturated heterocycles. The Hall–Kier alpha value is -1.36. The van der Waals surface area contributed by atoms with Crippen LogP contribution >= 0.6 is 0 Å². The predicted molar refractivity (Wildman–Crippen MR) is 58.0 cm³/mol. The average Bonchev–Trinajstić information content (AvgIpc) is 2.18. The van der Waals surface area contributed by atoms with Crippen molar-refractivity contribution in [3.63, 3.8) is 0 Å². The Kier molecular flexibility index (Phi) is 3.01. The van der Waals surface area contributed by atoms with Gasteiger partial charge in [0, 0.05) is 31.4 Å². The quantitative estimate of drug-likeness (QED) is 0.776. The molecular weight excluding hydrogens is 192 g/mol. The fourth-order valence-electron chi connectivity index (χ4n) is 1.65. The van der Waals surface area contributed by atoms with E-state index in [4.69, 9.17) is 10.5 Å². The van der Waals surface area contributed by atoms with Gasteiger partial charge >= 0.3 is 0 Å². The molecule has 1 atom stereocenters. The molecule has 0 bridgehead atoms. The van der Waals surface area contributed by atoms with Gasteiger partial charge in [-0.3, -0.25) is 0 Å². The second-order valence-electron chi connectivity index (χ2n) is 3.50. The van der Waals surface area contributed by atoms with Crippen molar-refractivity contribution in [3.05, 3.63) is 12.3 Å². The summed E-state index contributed by atoms with van der Waals surface area (Å²) in [4.78, 5) is 10.7. The van der Waals surface area contributed by atoms with Gasteiger partial charge in [-0.15, -0.1) is 0 Å². The van der Waals surface area contributed by atoms with Crippen LogP contribution in [-0.4, -0.2) is 35.7 Å². The molecule has 82 valence electrons. The van der Waals surface area contributed by atoms with E-state index in [9.17, 15) is 0 Å². The number of nitrogens with zero attached hydrogens (tertiary/aromatic N) is 3. The van der Waals surface area contributed by atoms with E-state index < -0.39 is 0 Å². The number of hydrogen-bond donors (Lipinski definition) is 1. The lowest BCUT2D eigenvalue weighted by molar-refractivity contribution is 0.324. The maximum absolute atomic E-state index is 5.63. The van der Waals surface area contributed by atoms with Gasteiger partial charge < -0.3 is 15.4 Å². The third-order valence-electron chi connectivity index (χ3n) is 2.58. The molecule has 2 heterocycles. The van der Waals surface area contributed by atoms with Crippen LogP contribution in [0.2, 0.25) is 0 Å². The minimum atomic E-state index is 0.391. The van der Waals surface area contributed by atoms with Gasteiger partial charge in [-0.2, -0.15) is 4.98 Å². The molecule has 0 spiro atoms. The molecule has 0 aromatic carbocycles. The number of ether oxygens (including phenoxy) is 1. The van der Waals surface area contributed by atoms with Gasteiger partial charge in [-0.05, 0) is 13.3 Å². The van der Waals surface area contributed by atoms with Crippen LogP contribution in [0.25, 0.3) is 0 Å². The lowest BCUT2D eigenvalue weighted by Gasteiger charge is -2.40. The SMILES string of the molecule is CCOc1ccnc(N2CCC2CN)n1. The largest absolute Gasteiger partial charge is 0.478 e. The molecule has 1 aromatic heterocycles. The first-order valence-electron chi connectivity index (χ1n) is 5.27. The molecule has 1 aliphatic heterocycles. The van der Waals surface area contributed by atoms with Gasteiger partial charge in [-0.25, -0.2) is 4.98 Å². The Morgan fingerprint density at radius 1 is 1.67 bits per heavy atom. The van der Waals surface area contributed by atoms with Crippen molar-refractivity contribution in [1.29, 1.82) is 0 Å². The Morgan fingerprint density at radius 2 is 2.53 bits per heavy atom. The topological polar surface area (TPSA) is 64.3 Å². The van der Waals surface area contributed by atoms with E-state index in [1.54, 1.807) is 12.3 Å². The summed E-state index contributed by atoms with van der Waals surface area (Å²) in [5.74, 6) is 1.35. The summed E-state index contributed by atoms with van der Waals surface area (Å²) >= 11 is 0. The summed E-state index contributed by atoms with van der Waals surface area (Å²) in [5, 5.41) is 0. The summed E-state index contributed by atoms with van der Waals surface area (Å²) < 4.78 is 5.33. The average molecular weight is 208 g/mol. The number of aromatic nitrogens is 2. The highest BCUT2D eigenvalue weighted by molar-refractivity contribution is 5.37. The van der Waals surface area contributed by atoms with E-state index in [-0.39, 0.29) is 0 Å². The molecule has 0 saturated carbocycles. The molecule has 1 unspecified atom stereocenters. The van der Waals surface area contributed by atoms with E-state index >= 15 is 0 Å². The number of anilines is 1. The third-order valence-corrected chi connectivity index (χ3v) is 2.58. The molecule has 5 heteroatoms. The van der Waals surface area contributed by atoms with Crippen molar-refractivity contribution in [2.75, 3.05) is 24.6 Å². The van der Waals surface area contributed by atoms with Crippen LogP contribution in [0.4, 0.5) is 5.95 Å². The van der Waals surface area contributed by atoms with Crippen LogP contribution in [0.1, 0.15) is 13.3 Å². The summed E-state index contributed by atoms with van der Waals surface area (Å²) in [5.41, 5.74) is 5.63. The van der Waals surface area contributed by atoms with Gasteiger partial charge in [0.05, 0.1) is 6.61 Å². The molecule has 0 radical (unpaired) electrons. The van der Waals surface area contributed by atoms with Crippen LogP contribution in [0.15, 0.2) is 12.3 Å². The molecular formula is C10H16N4O. The zero-order valence-corrected chi connectivity index (χ0v) is 8.89. The normalized spacial score (nSPS) is 19.9. The first-order valence-corrected chi connectivity index (χ1v) is 5.27. The molecule has 2 N–H and O–H groups in total. The number of nitrogens with two attached hydrogens (primary N) is 1. The summed E-state index contributed by atoms with van der Waals surface area (Å²) in [6.45, 7) is 4.20. The van der Waals surface area contributed by atoms with Crippen molar-refractivity contribution in [2.24, 2.45) is 5.73 Å². The summed E-state index contributed by atoms with van der Waals surface area (Å²) in [7, 11) is 0. The Balaban J connectivity index is 2.10. The highest BCUT2D eigenvalue weighted by atomic mass is 16.5. The number of rotatable bonds is 4. The van der Waals surface area contributed by atoms with Crippen LogP contribution in [-0.2, 0) is 0 Å². The molecule has 1 aliphatic rings. The maximum atomic E-state index is 5.63. The minimum Gasteiger partial charge on any atom is -0.478 e. The molecule has 0 aliphatic carbocycles. The van der Waals surface area contributed by atoms with Crippen molar-refractivity contribution < 1.29 is 4.74 Å². The van der Waals surface area contributed by atoms with Crippen molar-refractivity contribution in [2.45, 2.75) is 19.4 Å². The highest BCUT2D eigenvalue weighted by Gasteiger charge is 2.28. The van der Waals surface area contributed by atoms with Gasteiger partial charge in [0.2, 0.25) is 11.8 Å². The lowest BCUT2D eigenvalue weighted by Crippen LogP contribution is -2.52. The molecule has 1 aromatic rings. The Morgan fingerprint density at radius 3 is 3.13 bits per heavy atom. The smallest absolute Gasteiger partial charge is 0.228 e. The second kappa shape index (κ2) is 4.44. The van der Waals surface area contributed by atoms with Gasteiger partial charge in [0.15, 0.2) is 0 Å². The fourth-order valence-corrected chi connectivity index (χ4v) is 1.65. The van der Waals surface area contributed by atoms with Crippen molar-refractivity contribution >= 4 is 5.95 Å². The highest BCUT2D eigenvalue weighted by Crippen LogP contribution is 2.23. The van der Waals surface area contributed by atoms with Gasteiger partial charge in [0.1, 0.15) is 0 Å². The molecule has 0 amide bonds. The van der Waals surface area contributed by atoms with Gasteiger partial charge in [-0.1, -0.05) is 0 Å². The standard InChI is InChI=1S/C10H16N4O/c1-2-15-9-3-5-12-10(13-9)14-6-4-8(14)7-11/h3,5,8H,2,4,6-7,11H2,1H3. The van der Waals surface area contributed by atoms with Crippen LogP contribution in [0, 0.1) is 0 Å². The summed E-state index contributed by atoms with van der Waals surface area (Å²) in [6.07, 6.45) is 2.85. The van der Waals surface area contributed by atoms with E-state index in [1.807, 2.05) is 6.92 Å². The van der Waals surface area contributed by atoms with Crippen LogP contribution in [0.5, 0.6) is 5.88 Å². The second-order valence-corrected chi connectivity index (χ2v) is 3.50. The first-order chi connectivity index (χ1) is 7.35. The minimum absolute atomic E-state index is 0.391. The Labute approximate surface area is 89.3 Å². The first kappa shape index (κ1) is 10.2.